The number of nitrogens with one attached hydrogen (secondary N) is 1. The Balaban J connectivity index is 2.06. The van der Waals surface area contributed by atoms with Crippen LogP contribution in [0.2, 0.25) is 5.02 Å². The molecular formula is C15H14BrClFN. The fraction of sp³-hybridized carbons (Fsp3) is 0.200. The van der Waals surface area contributed by atoms with Crippen LogP contribution in [0.25, 0.3) is 0 Å². The fourth-order valence-electron chi connectivity index (χ4n) is 1.88. The average molecular weight is 343 g/mol. The smallest absolute Gasteiger partial charge is 0.127 e. The van der Waals surface area contributed by atoms with E-state index in [1.54, 1.807) is 12.1 Å². The van der Waals surface area contributed by atoms with E-state index in [1.807, 2.05) is 31.2 Å². The molecule has 19 heavy (non-hydrogen) atoms. The maximum Gasteiger partial charge on any atom is 0.127 e. The minimum absolute atomic E-state index is 0.0621. The van der Waals surface area contributed by atoms with Crippen molar-refractivity contribution in [2.45, 2.75) is 19.5 Å². The van der Waals surface area contributed by atoms with Crippen LogP contribution in [0.15, 0.2) is 46.9 Å². The first kappa shape index (κ1) is 14.5. The lowest BCUT2D eigenvalue weighted by Crippen LogP contribution is -2.19. The van der Waals surface area contributed by atoms with Crippen LogP contribution in [0, 0.1) is 5.82 Å². The number of hydrogen-bond donors (Lipinski definition) is 1. The molecule has 0 heterocycles. The molecule has 0 aliphatic rings. The number of benzene rings is 2. The van der Waals surface area contributed by atoms with Crippen LogP contribution >= 0.6 is 27.5 Å². The lowest BCUT2D eigenvalue weighted by atomic mass is 10.1. The molecule has 2 aromatic carbocycles. The SMILES string of the molecule is CC(NCc1cc(Br)ccc1F)c1ccccc1Cl. The van der Waals surface area contributed by atoms with Gasteiger partial charge >= 0.3 is 0 Å². The van der Waals surface area contributed by atoms with Gasteiger partial charge in [-0.05, 0) is 36.8 Å². The third-order valence-corrected chi connectivity index (χ3v) is 3.82. The minimum atomic E-state index is -0.206. The zero-order valence-electron chi connectivity index (χ0n) is 10.5. The predicted octanol–water partition coefficient (Wildman–Crippen LogP) is 5.09. The summed E-state index contributed by atoms with van der Waals surface area (Å²) in [5.74, 6) is -0.206. The predicted molar refractivity (Wildman–Crippen MR) is 80.8 cm³/mol. The quantitative estimate of drug-likeness (QED) is 0.816. The molecule has 1 nitrogen and oxygen atoms in total. The van der Waals surface area contributed by atoms with E-state index in [0.29, 0.717) is 12.1 Å². The van der Waals surface area contributed by atoms with Gasteiger partial charge in [0, 0.05) is 27.6 Å². The summed E-state index contributed by atoms with van der Waals surface area (Å²) < 4.78 is 14.5. The number of halogens is 3. The highest BCUT2D eigenvalue weighted by Crippen LogP contribution is 2.23. The maximum absolute atomic E-state index is 13.6. The van der Waals surface area contributed by atoms with Crippen LogP contribution in [0.1, 0.15) is 24.1 Å². The van der Waals surface area contributed by atoms with Gasteiger partial charge in [-0.15, -0.1) is 0 Å². The third-order valence-electron chi connectivity index (χ3n) is 2.98. The van der Waals surface area contributed by atoms with Crippen molar-refractivity contribution in [3.05, 3.63) is 68.9 Å². The molecule has 0 aromatic heterocycles. The molecule has 0 saturated carbocycles. The summed E-state index contributed by atoms with van der Waals surface area (Å²) in [4.78, 5) is 0. The molecule has 100 valence electrons. The highest BCUT2D eigenvalue weighted by molar-refractivity contribution is 9.10. The van der Waals surface area contributed by atoms with Crippen LogP contribution < -0.4 is 5.32 Å². The van der Waals surface area contributed by atoms with Gasteiger partial charge in [0.1, 0.15) is 5.82 Å². The molecule has 0 radical (unpaired) electrons. The molecule has 0 fully saturated rings. The average Bonchev–Trinajstić information content (AvgIpc) is 2.40. The largest absolute Gasteiger partial charge is 0.306 e. The second-order valence-corrected chi connectivity index (χ2v) is 5.68. The second-order valence-electron chi connectivity index (χ2n) is 4.36. The Hall–Kier alpha value is -0.900. The van der Waals surface area contributed by atoms with Gasteiger partial charge in [-0.2, -0.15) is 0 Å². The fourth-order valence-corrected chi connectivity index (χ4v) is 2.59. The molecule has 1 unspecified atom stereocenters. The Labute approximate surface area is 125 Å². The van der Waals surface area contributed by atoms with Crippen LogP contribution in [0.4, 0.5) is 4.39 Å². The highest BCUT2D eigenvalue weighted by Gasteiger charge is 2.10. The number of hydrogen-bond acceptors (Lipinski definition) is 1. The molecule has 2 rings (SSSR count). The van der Waals surface area contributed by atoms with E-state index in [4.69, 9.17) is 11.6 Å². The molecule has 0 amide bonds. The van der Waals surface area contributed by atoms with E-state index in [2.05, 4.69) is 21.2 Å². The van der Waals surface area contributed by atoms with Crippen molar-refractivity contribution < 1.29 is 4.39 Å². The molecular weight excluding hydrogens is 329 g/mol. The van der Waals surface area contributed by atoms with Crippen LogP contribution in [0.3, 0.4) is 0 Å². The maximum atomic E-state index is 13.6. The van der Waals surface area contributed by atoms with E-state index in [1.165, 1.54) is 6.07 Å². The first-order chi connectivity index (χ1) is 9.08. The summed E-state index contributed by atoms with van der Waals surface area (Å²) in [6.07, 6.45) is 0. The van der Waals surface area contributed by atoms with Crippen molar-refractivity contribution in [1.82, 2.24) is 5.32 Å². The topological polar surface area (TPSA) is 12.0 Å². The van der Waals surface area contributed by atoms with Crippen molar-refractivity contribution in [2.24, 2.45) is 0 Å². The Bertz CT molecular complexity index is 574. The van der Waals surface area contributed by atoms with Gasteiger partial charge in [0.15, 0.2) is 0 Å². The van der Waals surface area contributed by atoms with Crippen molar-refractivity contribution in [1.29, 1.82) is 0 Å². The van der Waals surface area contributed by atoms with E-state index >= 15 is 0 Å². The van der Waals surface area contributed by atoms with E-state index in [-0.39, 0.29) is 11.9 Å². The lowest BCUT2D eigenvalue weighted by Gasteiger charge is -2.16. The lowest BCUT2D eigenvalue weighted by molar-refractivity contribution is 0.544. The second kappa shape index (κ2) is 6.51. The van der Waals surface area contributed by atoms with Crippen molar-refractivity contribution in [3.63, 3.8) is 0 Å². The molecule has 0 aliphatic carbocycles. The Morgan fingerprint density at radius 3 is 2.74 bits per heavy atom. The van der Waals surface area contributed by atoms with Gasteiger partial charge in [-0.25, -0.2) is 4.39 Å². The zero-order chi connectivity index (χ0) is 13.8. The van der Waals surface area contributed by atoms with Crippen molar-refractivity contribution in [3.8, 4) is 0 Å². The molecule has 0 saturated heterocycles. The molecule has 2 aromatic rings. The third kappa shape index (κ3) is 3.78. The molecule has 0 bridgehead atoms. The Morgan fingerprint density at radius 2 is 2.00 bits per heavy atom. The number of rotatable bonds is 4. The Kier molecular flexibility index (Phi) is 4.97. The molecule has 1 N–H and O–H groups in total. The van der Waals surface area contributed by atoms with Gasteiger partial charge in [-0.1, -0.05) is 45.7 Å². The normalized spacial score (nSPS) is 12.4. The van der Waals surface area contributed by atoms with E-state index in [9.17, 15) is 4.39 Å². The standard InChI is InChI=1S/C15H14BrClFN/c1-10(13-4-2-3-5-14(13)17)19-9-11-8-12(16)6-7-15(11)18/h2-8,10,19H,9H2,1H3. The van der Waals surface area contributed by atoms with Gasteiger partial charge in [0.2, 0.25) is 0 Å². The van der Waals surface area contributed by atoms with Gasteiger partial charge in [0.05, 0.1) is 0 Å². The van der Waals surface area contributed by atoms with Crippen LogP contribution in [-0.2, 0) is 6.54 Å². The van der Waals surface area contributed by atoms with Crippen LogP contribution in [-0.4, -0.2) is 0 Å². The van der Waals surface area contributed by atoms with E-state index < -0.39 is 0 Å². The van der Waals surface area contributed by atoms with Crippen molar-refractivity contribution in [2.75, 3.05) is 0 Å². The van der Waals surface area contributed by atoms with Crippen LogP contribution in [0.5, 0.6) is 0 Å². The zero-order valence-corrected chi connectivity index (χ0v) is 12.8. The van der Waals surface area contributed by atoms with Crippen molar-refractivity contribution >= 4 is 27.5 Å². The molecule has 0 spiro atoms. The monoisotopic (exact) mass is 341 g/mol. The molecule has 0 aliphatic heterocycles. The summed E-state index contributed by atoms with van der Waals surface area (Å²) in [7, 11) is 0. The first-order valence-electron chi connectivity index (χ1n) is 5.99. The van der Waals surface area contributed by atoms with Gasteiger partial charge < -0.3 is 5.32 Å². The van der Waals surface area contributed by atoms with Gasteiger partial charge in [-0.3, -0.25) is 0 Å². The first-order valence-corrected chi connectivity index (χ1v) is 7.17. The van der Waals surface area contributed by atoms with E-state index in [0.717, 1.165) is 15.1 Å². The molecule has 1 atom stereocenters. The summed E-state index contributed by atoms with van der Waals surface area (Å²) in [5, 5.41) is 4.00. The van der Waals surface area contributed by atoms with Gasteiger partial charge in [0.25, 0.3) is 0 Å². The Morgan fingerprint density at radius 1 is 1.26 bits per heavy atom. The molecule has 4 heteroatoms. The summed E-state index contributed by atoms with van der Waals surface area (Å²) in [6.45, 7) is 2.47. The summed E-state index contributed by atoms with van der Waals surface area (Å²) in [5.41, 5.74) is 1.65. The summed E-state index contributed by atoms with van der Waals surface area (Å²) >= 11 is 9.48. The minimum Gasteiger partial charge on any atom is -0.306 e. The summed E-state index contributed by atoms with van der Waals surface area (Å²) in [6, 6.07) is 12.7. The highest BCUT2D eigenvalue weighted by atomic mass is 79.9.